The fourth-order valence-electron chi connectivity index (χ4n) is 7.53. The zero-order chi connectivity index (χ0) is 16.2. The van der Waals surface area contributed by atoms with E-state index in [9.17, 15) is 9.90 Å². The summed E-state index contributed by atoms with van der Waals surface area (Å²) >= 11 is 0. The Morgan fingerprint density at radius 2 is 1.87 bits per heavy atom. The molecule has 0 aliphatic heterocycles. The fourth-order valence-corrected chi connectivity index (χ4v) is 7.53. The average Bonchev–Trinajstić information content (AvgIpc) is 2.83. The second kappa shape index (κ2) is 5.36. The lowest BCUT2D eigenvalue weighted by Gasteiger charge is -2.60. The molecule has 4 fully saturated rings. The van der Waals surface area contributed by atoms with Crippen molar-refractivity contribution in [2.45, 2.75) is 78.1 Å². The number of allylic oxidation sites excluding steroid dienone is 1. The fraction of sp³-hybridized carbons (Fsp3) is 0.857. The zero-order valence-electron chi connectivity index (χ0n) is 14.8. The van der Waals surface area contributed by atoms with Crippen LogP contribution in [0.25, 0.3) is 0 Å². The van der Waals surface area contributed by atoms with Crippen LogP contribution in [-0.4, -0.2) is 11.1 Å². The maximum absolute atomic E-state index is 11.2. The van der Waals surface area contributed by atoms with Crippen LogP contribution in [0.5, 0.6) is 0 Å². The Kier molecular flexibility index (Phi) is 3.66. The monoisotopic (exact) mass is 316 g/mol. The summed E-state index contributed by atoms with van der Waals surface area (Å²) in [4.78, 5) is 11.2. The van der Waals surface area contributed by atoms with Crippen LogP contribution in [0.15, 0.2) is 11.6 Å². The van der Waals surface area contributed by atoms with E-state index in [0.717, 1.165) is 30.1 Å². The molecule has 4 rings (SSSR count). The number of hydrogen-bond donors (Lipinski definition) is 1. The summed E-state index contributed by atoms with van der Waals surface area (Å²) in [6.07, 6.45) is 15.0. The number of hydrogen-bond acceptors (Lipinski definition) is 1. The Labute approximate surface area is 140 Å². The number of carboxylic acids is 1. The van der Waals surface area contributed by atoms with Crippen LogP contribution in [0.1, 0.15) is 78.1 Å². The van der Waals surface area contributed by atoms with Gasteiger partial charge in [0, 0.05) is 6.08 Å². The number of rotatable bonds is 1. The van der Waals surface area contributed by atoms with Gasteiger partial charge in [0.25, 0.3) is 0 Å². The van der Waals surface area contributed by atoms with Crippen molar-refractivity contribution in [1.29, 1.82) is 0 Å². The summed E-state index contributed by atoms with van der Waals surface area (Å²) in [6.45, 7) is 4.99. The molecule has 2 heteroatoms. The molecule has 0 radical (unpaired) electrons. The molecule has 0 spiro atoms. The van der Waals surface area contributed by atoms with Crippen LogP contribution in [0, 0.1) is 34.5 Å². The number of carboxylic acid groups (broad SMARTS) is 1. The largest absolute Gasteiger partial charge is 0.478 e. The van der Waals surface area contributed by atoms with Crippen LogP contribution in [0.3, 0.4) is 0 Å². The van der Waals surface area contributed by atoms with E-state index < -0.39 is 5.97 Å². The highest BCUT2D eigenvalue weighted by Gasteiger charge is 2.58. The summed E-state index contributed by atoms with van der Waals surface area (Å²) in [5, 5.41) is 9.23. The first-order chi connectivity index (χ1) is 10.9. The molecule has 4 saturated carbocycles. The molecule has 0 aromatic rings. The van der Waals surface area contributed by atoms with E-state index in [-0.39, 0.29) is 5.41 Å². The van der Waals surface area contributed by atoms with E-state index >= 15 is 0 Å². The number of carbonyl (C=O) groups is 1. The van der Waals surface area contributed by atoms with Crippen LogP contribution < -0.4 is 0 Å². The standard InChI is InChI=1S/C21H32O2/c1-20-11-4-3-5-14(20)6-8-16-17-9-7-15(13-19(22)23)21(17,2)12-10-18(16)20/h13-14,16-18H,3-12H2,1-2H3,(H,22,23)/t14?,16-,17-,18-,20-,21+/m0/s1. The molecular weight excluding hydrogens is 284 g/mol. The molecule has 0 saturated heterocycles. The van der Waals surface area contributed by atoms with Gasteiger partial charge < -0.3 is 5.11 Å². The lowest BCUT2D eigenvalue weighted by molar-refractivity contribution is -0.131. The van der Waals surface area contributed by atoms with Crippen molar-refractivity contribution in [3.63, 3.8) is 0 Å². The maximum atomic E-state index is 11.2. The van der Waals surface area contributed by atoms with Gasteiger partial charge in [-0.2, -0.15) is 0 Å². The molecular formula is C21H32O2. The lowest BCUT2D eigenvalue weighted by Crippen LogP contribution is -2.52. The molecule has 4 aliphatic carbocycles. The van der Waals surface area contributed by atoms with Gasteiger partial charge in [-0.3, -0.25) is 0 Å². The molecule has 0 aromatic carbocycles. The third kappa shape index (κ3) is 2.23. The van der Waals surface area contributed by atoms with Gasteiger partial charge in [-0.05, 0) is 85.9 Å². The topological polar surface area (TPSA) is 37.3 Å². The molecule has 6 atom stereocenters. The van der Waals surface area contributed by atoms with E-state index in [4.69, 9.17) is 0 Å². The van der Waals surface area contributed by atoms with Crippen molar-refractivity contribution in [3.05, 3.63) is 11.6 Å². The minimum Gasteiger partial charge on any atom is -0.478 e. The molecule has 0 amide bonds. The third-order valence-corrected chi connectivity index (χ3v) is 8.73. The van der Waals surface area contributed by atoms with Gasteiger partial charge in [-0.25, -0.2) is 4.79 Å². The minimum absolute atomic E-state index is 0.178. The van der Waals surface area contributed by atoms with Gasteiger partial charge in [0.2, 0.25) is 0 Å². The average molecular weight is 316 g/mol. The smallest absolute Gasteiger partial charge is 0.328 e. The molecule has 0 heterocycles. The SMILES string of the molecule is C[C@]12CCCCC1CC[C@@H]1[C@@H]2CC[C@]2(C)C(=CC(=O)O)CC[C@@H]12. The molecule has 128 valence electrons. The van der Waals surface area contributed by atoms with Gasteiger partial charge >= 0.3 is 5.97 Å². The van der Waals surface area contributed by atoms with Crippen LogP contribution in [0.2, 0.25) is 0 Å². The van der Waals surface area contributed by atoms with E-state index in [1.165, 1.54) is 63.4 Å². The summed E-state index contributed by atoms with van der Waals surface area (Å²) in [6, 6.07) is 0. The number of aliphatic carboxylic acids is 1. The molecule has 1 unspecified atom stereocenters. The predicted molar refractivity (Wildman–Crippen MR) is 92.1 cm³/mol. The summed E-state index contributed by atoms with van der Waals surface area (Å²) < 4.78 is 0. The third-order valence-electron chi connectivity index (χ3n) is 8.73. The summed E-state index contributed by atoms with van der Waals surface area (Å²) in [5.41, 5.74) is 2.00. The van der Waals surface area contributed by atoms with Crippen molar-refractivity contribution < 1.29 is 9.90 Å². The predicted octanol–water partition coefficient (Wildman–Crippen LogP) is 5.43. The summed E-state index contributed by atoms with van der Waals surface area (Å²) in [5.74, 6) is 2.73. The minimum atomic E-state index is -0.744. The van der Waals surface area contributed by atoms with E-state index in [1.54, 1.807) is 6.08 Å². The van der Waals surface area contributed by atoms with Gasteiger partial charge in [0.1, 0.15) is 0 Å². The Bertz CT molecular complexity index is 536. The lowest BCUT2D eigenvalue weighted by atomic mass is 9.45. The molecule has 23 heavy (non-hydrogen) atoms. The highest BCUT2D eigenvalue weighted by Crippen LogP contribution is 2.67. The van der Waals surface area contributed by atoms with Crippen molar-refractivity contribution in [2.24, 2.45) is 34.5 Å². The van der Waals surface area contributed by atoms with Gasteiger partial charge in [-0.15, -0.1) is 0 Å². The van der Waals surface area contributed by atoms with Crippen molar-refractivity contribution >= 4 is 5.97 Å². The second-order valence-corrected chi connectivity index (χ2v) is 9.41. The highest BCUT2D eigenvalue weighted by molar-refractivity contribution is 5.81. The quantitative estimate of drug-likeness (QED) is 0.655. The normalized spacial score (nSPS) is 51.0. The Balaban J connectivity index is 1.64. The first kappa shape index (κ1) is 15.7. The summed E-state index contributed by atoms with van der Waals surface area (Å²) in [7, 11) is 0. The Morgan fingerprint density at radius 3 is 2.65 bits per heavy atom. The van der Waals surface area contributed by atoms with Crippen LogP contribution in [-0.2, 0) is 4.79 Å². The molecule has 0 aromatic heterocycles. The van der Waals surface area contributed by atoms with E-state index in [1.807, 2.05) is 0 Å². The molecule has 0 bridgehead atoms. The Morgan fingerprint density at radius 1 is 1.04 bits per heavy atom. The first-order valence-corrected chi connectivity index (χ1v) is 9.89. The second-order valence-electron chi connectivity index (χ2n) is 9.41. The van der Waals surface area contributed by atoms with Crippen molar-refractivity contribution in [2.75, 3.05) is 0 Å². The van der Waals surface area contributed by atoms with Crippen LogP contribution in [0.4, 0.5) is 0 Å². The molecule has 1 N–H and O–H groups in total. The van der Waals surface area contributed by atoms with E-state index in [0.29, 0.717) is 5.41 Å². The van der Waals surface area contributed by atoms with Gasteiger partial charge in [0.15, 0.2) is 0 Å². The number of fused-ring (bicyclic) bond motifs is 5. The molecule has 2 nitrogen and oxygen atoms in total. The van der Waals surface area contributed by atoms with E-state index in [2.05, 4.69) is 13.8 Å². The first-order valence-electron chi connectivity index (χ1n) is 9.89. The van der Waals surface area contributed by atoms with Crippen molar-refractivity contribution in [3.8, 4) is 0 Å². The highest BCUT2D eigenvalue weighted by atomic mass is 16.4. The van der Waals surface area contributed by atoms with Gasteiger partial charge in [0.05, 0.1) is 0 Å². The Hall–Kier alpha value is -0.790. The van der Waals surface area contributed by atoms with Crippen molar-refractivity contribution in [1.82, 2.24) is 0 Å². The zero-order valence-corrected chi connectivity index (χ0v) is 14.8. The maximum Gasteiger partial charge on any atom is 0.328 e. The van der Waals surface area contributed by atoms with Crippen LogP contribution >= 0.6 is 0 Å². The van der Waals surface area contributed by atoms with Gasteiger partial charge in [-0.1, -0.05) is 32.3 Å². The molecule has 4 aliphatic rings.